The number of carbonyl (C=O) groups excluding carboxylic acids is 2. The van der Waals surface area contributed by atoms with Crippen molar-refractivity contribution in [1.29, 1.82) is 0 Å². The second-order valence-electron chi connectivity index (χ2n) is 6.50. The molecule has 7 nitrogen and oxygen atoms in total. The van der Waals surface area contributed by atoms with Crippen LogP contribution >= 0.6 is 11.8 Å². The number of carbonyl (C=O) groups is 2. The first-order chi connectivity index (χ1) is 13.1. The molecule has 1 aromatic carbocycles. The fourth-order valence-electron chi connectivity index (χ4n) is 3.29. The van der Waals surface area contributed by atoms with E-state index in [4.69, 9.17) is 9.73 Å². The third-order valence-corrected chi connectivity index (χ3v) is 5.66. The van der Waals surface area contributed by atoms with E-state index in [2.05, 4.69) is 17.4 Å². The van der Waals surface area contributed by atoms with Crippen LogP contribution in [0.25, 0.3) is 0 Å². The molecule has 0 spiro atoms. The monoisotopic (exact) mass is 390 g/mol. The highest BCUT2D eigenvalue weighted by molar-refractivity contribution is 8.13. The van der Waals surface area contributed by atoms with Gasteiger partial charge in [0.05, 0.1) is 6.61 Å². The maximum atomic E-state index is 12.5. The van der Waals surface area contributed by atoms with Crippen molar-refractivity contribution < 1.29 is 14.3 Å². The highest BCUT2D eigenvalue weighted by Gasteiger charge is 2.48. The van der Waals surface area contributed by atoms with E-state index in [1.165, 1.54) is 10.5 Å². The van der Waals surface area contributed by atoms with Crippen LogP contribution in [-0.2, 0) is 16.0 Å². The Morgan fingerprint density at radius 3 is 2.78 bits per heavy atom. The fourth-order valence-corrected chi connectivity index (χ4v) is 4.23. The first kappa shape index (κ1) is 19.7. The molecule has 2 aliphatic heterocycles. The third kappa shape index (κ3) is 4.62. The first-order valence-corrected chi connectivity index (χ1v) is 10.3. The van der Waals surface area contributed by atoms with Gasteiger partial charge >= 0.3 is 6.03 Å². The predicted octanol–water partition coefficient (Wildman–Crippen LogP) is 1.94. The van der Waals surface area contributed by atoms with Crippen LogP contribution in [0.2, 0.25) is 0 Å². The smallest absolute Gasteiger partial charge is 0.325 e. The zero-order chi connectivity index (χ0) is 19.2. The number of nitrogens with zero attached hydrogens (tertiary/aromatic N) is 3. The highest BCUT2D eigenvalue weighted by atomic mass is 32.2. The van der Waals surface area contributed by atoms with E-state index < -0.39 is 18.2 Å². The lowest BCUT2D eigenvalue weighted by molar-refractivity contribution is -0.127. The molecular weight excluding hydrogens is 364 g/mol. The zero-order valence-electron chi connectivity index (χ0n) is 15.8. The van der Waals surface area contributed by atoms with Crippen molar-refractivity contribution in [3.63, 3.8) is 0 Å². The van der Waals surface area contributed by atoms with Gasteiger partial charge in [0.1, 0.15) is 0 Å². The van der Waals surface area contributed by atoms with Crippen LogP contribution in [-0.4, -0.2) is 71.7 Å². The van der Waals surface area contributed by atoms with Crippen LogP contribution in [0.1, 0.15) is 18.9 Å². The van der Waals surface area contributed by atoms with E-state index in [1.807, 2.05) is 30.0 Å². The maximum Gasteiger partial charge on any atom is 0.325 e. The van der Waals surface area contributed by atoms with Crippen molar-refractivity contribution in [3.8, 4) is 0 Å². The van der Waals surface area contributed by atoms with Crippen LogP contribution in [0.4, 0.5) is 4.79 Å². The summed E-state index contributed by atoms with van der Waals surface area (Å²) in [5, 5.41) is 3.25. The zero-order valence-corrected chi connectivity index (χ0v) is 16.6. The van der Waals surface area contributed by atoms with Gasteiger partial charge in [0.2, 0.25) is 0 Å². The summed E-state index contributed by atoms with van der Waals surface area (Å²) in [7, 11) is 1.68. The molecule has 0 bridgehead atoms. The highest BCUT2D eigenvalue weighted by Crippen LogP contribution is 2.28. The van der Waals surface area contributed by atoms with E-state index in [0.717, 1.165) is 23.8 Å². The van der Waals surface area contributed by atoms with Crippen LogP contribution in [0.15, 0.2) is 35.3 Å². The summed E-state index contributed by atoms with van der Waals surface area (Å²) in [5.74, 6) is 0.493. The molecule has 2 heterocycles. The number of amides is 3. The predicted molar refractivity (Wildman–Crippen MR) is 107 cm³/mol. The van der Waals surface area contributed by atoms with E-state index in [9.17, 15) is 9.59 Å². The number of thioether (sulfide) groups is 1. The SMILES string of the molecule is CCOCCSC1=NC2C(C(=O)NC(=O)N2C)N1CCCc1ccccc1. The number of amidine groups is 1. The van der Waals surface area contributed by atoms with Gasteiger partial charge in [-0.25, -0.2) is 9.79 Å². The van der Waals surface area contributed by atoms with Gasteiger partial charge in [0, 0.05) is 26.0 Å². The van der Waals surface area contributed by atoms with E-state index >= 15 is 0 Å². The van der Waals surface area contributed by atoms with Crippen molar-refractivity contribution in [1.82, 2.24) is 15.1 Å². The second-order valence-corrected chi connectivity index (χ2v) is 7.57. The number of hydrogen-bond donors (Lipinski definition) is 1. The molecule has 8 heteroatoms. The molecule has 146 valence electrons. The van der Waals surface area contributed by atoms with Crippen LogP contribution in [0.3, 0.4) is 0 Å². The molecule has 1 saturated heterocycles. The van der Waals surface area contributed by atoms with Gasteiger partial charge in [-0.1, -0.05) is 42.1 Å². The molecule has 1 aromatic rings. The van der Waals surface area contributed by atoms with Crippen molar-refractivity contribution in [3.05, 3.63) is 35.9 Å². The standard InChI is InChI=1S/C19H26N4O3S/c1-3-26-12-13-27-19-20-16-15(17(24)21-18(25)22(16)2)23(19)11-7-10-14-8-5-4-6-9-14/h4-6,8-9,15-16H,3,7,10-13H2,1-2H3,(H,21,24,25). The molecule has 1 fully saturated rings. The van der Waals surface area contributed by atoms with Gasteiger partial charge in [-0.3, -0.25) is 10.1 Å². The van der Waals surface area contributed by atoms with Crippen molar-refractivity contribution >= 4 is 28.9 Å². The van der Waals surface area contributed by atoms with Crippen molar-refractivity contribution in [2.75, 3.05) is 32.6 Å². The average molecular weight is 391 g/mol. The molecule has 0 aromatic heterocycles. The van der Waals surface area contributed by atoms with Gasteiger partial charge in [-0.05, 0) is 25.3 Å². The average Bonchev–Trinajstić information content (AvgIpc) is 3.03. The normalized spacial score (nSPS) is 21.9. The number of rotatable bonds is 8. The van der Waals surface area contributed by atoms with Crippen LogP contribution in [0, 0.1) is 0 Å². The van der Waals surface area contributed by atoms with Gasteiger partial charge in [-0.15, -0.1) is 0 Å². The number of ether oxygens (including phenoxy) is 1. The number of hydrogen-bond acceptors (Lipinski definition) is 6. The van der Waals surface area contributed by atoms with Gasteiger partial charge in [0.25, 0.3) is 5.91 Å². The fraction of sp³-hybridized carbons (Fsp3) is 0.526. The third-order valence-electron chi connectivity index (χ3n) is 4.69. The molecular formula is C19H26N4O3S. The number of aliphatic imine (C=N–C) groups is 1. The quantitative estimate of drug-likeness (QED) is 0.687. The Morgan fingerprint density at radius 2 is 2.04 bits per heavy atom. The molecule has 2 atom stereocenters. The molecule has 3 rings (SSSR count). The summed E-state index contributed by atoms with van der Waals surface area (Å²) >= 11 is 1.58. The number of likely N-dealkylation sites (N-methyl/N-ethyl adjacent to an activating group) is 1. The van der Waals surface area contributed by atoms with E-state index in [0.29, 0.717) is 19.8 Å². The molecule has 27 heavy (non-hydrogen) atoms. The number of benzene rings is 1. The molecule has 2 aliphatic rings. The maximum absolute atomic E-state index is 12.5. The minimum atomic E-state index is -0.461. The van der Waals surface area contributed by atoms with Crippen molar-refractivity contribution in [2.45, 2.75) is 32.0 Å². The summed E-state index contributed by atoms with van der Waals surface area (Å²) in [6.07, 6.45) is 1.38. The van der Waals surface area contributed by atoms with E-state index in [-0.39, 0.29) is 5.91 Å². The van der Waals surface area contributed by atoms with Gasteiger partial charge in [-0.2, -0.15) is 0 Å². The minimum absolute atomic E-state index is 0.271. The summed E-state index contributed by atoms with van der Waals surface area (Å²) in [6, 6.07) is 9.44. The number of imide groups is 1. The molecule has 0 saturated carbocycles. The summed E-state index contributed by atoms with van der Waals surface area (Å²) in [5.41, 5.74) is 1.27. The van der Waals surface area contributed by atoms with Gasteiger partial charge in [0.15, 0.2) is 17.4 Å². The lowest BCUT2D eigenvalue weighted by Gasteiger charge is -2.36. The number of aryl methyl sites for hydroxylation is 1. The Kier molecular flexibility index (Phi) is 6.73. The lowest BCUT2D eigenvalue weighted by atomic mass is 10.1. The lowest BCUT2D eigenvalue weighted by Crippen LogP contribution is -2.63. The second kappa shape index (κ2) is 9.23. The molecule has 3 amide bonds. The number of fused-ring (bicyclic) bond motifs is 1. The Balaban J connectivity index is 1.67. The number of nitrogens with one attached hydrogen (secondary N) is 1. The topological polar surface area (TPSA) is 74.2 Å². The summed E-state index contributed by atoms with van der Waals surface area (Å²) < 4.78 is 5.41. The Bertz CT molecular complexity index is 697. The van der Waals surface area contributed by atoms with E-state index in [1.54, 1.807) is 18.8 Å². The first-order valence-electron chi connectivity index (χ1n) is 9.28. The summed E-state index contributed by atoms with van der Waals surface area (Å²) in [4.78, 5) is 32.7. The van der Waals surface area contributed by atoms with Crippen molar-refractivity contribution in [2.24, 2.45) is 4.99 Å². The molecule has 2 unspecified atom stereocenters. The Morgan fingerprint density at radius 1 is 1.26 bits per heavy atom. The van der Waals surface area contributed by atoms with Crippen LogP contribution < -0.4 is 5.32 Å². The minimum Gasteiger partial charge on any atom is -0.381 e. The Hall–Kier alpha value is -2.06. The number of urea groups is 1. The molecule has 0 aliphatic carbocycles. The van der Waals surface area contributed by atoms with Crippen LogP contribution in [0.5, 0.6) is 0 Å². The molecule has 1 N–H and O–H groups in total. The Labute approximate surface area is 164 Å². The largest absolute Gasteiger partial charge is 0.381 e. The molecule has 0 radical (unpaired) electrons. The van der Waals surface area contributed by atoms with Gasteiger partial charge < -0.3 is 14.5 Å². The summed E-state index contributed by atoms with van der Waals surface area (Å²) in [6.45, 7) is 3.99.